The van der Waals surface area contributed by atoms with Gasteiger partial charge in [-0.2, -0.15) is 0 Å². The largest absolute Gasteiger partial charge is 0.301 e. The van der Waals surface area contributed by atoms with Crippen molar-refractivity contribution < 1.29 is 0 Å². The van der Waals surface area contributed by atoms with Crippen molar-refractivity contribution in [3.63, 3.8) is 0 Å². The summed E-state index contributed by atoms with van der Waals surface area (Å²) < 4.78 is 0. The summed E-state index contributed by atoms with van der Waals surface area (Å²) in [5, 5.41) is 3.45. The van der Waals surface area contributed by atoms with Gasteiger partial charge >= 0.3 is 0 Å². The number of hydrogen-bond donors (Lipinski definition) is 1. The first-order chi connectivity index (χ1) is 5.74. The zero-order valence-corrected chi connectivity index (χ0v) is 8.61. The second-order valence-corrected chi connectivity index (χ2v) is 3.21. The molecule has 0 aromatic rings. The smallest absolute Gasteiger partial charge is 0.0792 e. The molecule has 0 radical (unpaired) electrons. The normalized spacial score (nSPS) is 11.2. The third kappa shape index (κ3) is 3.28. The molecule has 1 nitrogen and oxygen atoms in total. The Labute approximate surface area is 76.9 Å². The van der Waals surface area contributed by atoms with E-state index in [0.717, 1.165) is 19.4 Å². The van der Waals surface area contributed by atoms with E-state index in [1.54, 1.807) is 0 Å². The van der Waals surface area contributed by atoms with Crippen LogP contribution in [0, 0.1) is 12.3 Å². The maximum absolute atomic E-state index is 5.50. The summed E-state index contributed by atoms with van der Waals surface area (Å²) in [7, 11) is 0. The van der Waals surface area contributed by atoms with Crippen LogP contribution in [0.15, 0.2) is 0 Å². The van der Waals surface area contributed by atoms with Crippen LogP contribution in [-0.4, -0.2) is 12.1 Å². The van der Waals surface area contributed by atoms with Gasteiger partial charge in [0.2, 0.25) is 0 Å². The SMILES string of the molecule is C#CC(CC)(CC)NCCCC. The predicted octanol–water partition coefficient (Wildman–Crippen LogP) is 2.57. The van der Waals surface area contributed by atoms with Gasteiger partial charge in [0.05, 0.1) is 5.54 Å². The van der Waals surface area contributed by atoms with E-state index in [4.69, 9.17) is 6.42 Å². The monoisotopic (exact) mass is 167 g/mol. The fourth-order valence-electron chi connectivity index (χ4n) is 1.26. The standard InChI is InChI=1S/C11H21N/c1-5-9-10-12-11(6-2,7-3)8-4/h2,12H,5,7-10H2,1,3-4H3. The molecule has 0 saturated carbocycles. The summed E-state index contributed by atoms with van der Waals surface area (Å²) in [6.45, 7) is 7.52. The zero-order chi connectivity index (χ0) is 9.45. The molecule has 12 heavy (non-hydrogen) atoms. The summed E-state index contributed by atoms with van der Waals surface area (Å²) in [6.07, 6.45) is 9.97. The van der Waals surface area contributed by atoms with Gasteiger partial charge in [0.25, 0.3) is 0 Å². The highest BCUT2D eigenvalue weighted by molar-refractivity contribution is 5.11. The number of terminal acetylenes is 1. The molecule has 0 unspecified atom stereocenters. The van der Waals surface area contributed by atoms with E-state index in [0.29, 0.717) is 0 Å². The van der Waals surface area contributed by atoms with E-state index in [1.165, 1.54) is 12.8 Å². The second-order valence-electron chi connectivity index (χ2n) is 3.21. The van der Waals surface area contributed by atoms with E-state index in [1.807, 2.05) is 0 Å². The Balaban J connectivity index is 3.87. The Kier molecular flexibility index (Phi) is 5.84. The lowest BCUT2D eigenvalue weighted by Gasteiger charge is -2.27. The molecule has 0 aliphatic rings. The topological polar surface area (TPSA) is 12.0 Å². The highest BCUT2D eigenvalue weighted by atomic mass is 15.0. The fraction of sp³-hybridized carbons (Fsp3) is 0.818. The molecule has 0 fully saturated rings. The maximum atomic E-state index is 5.50. The van der Waals surface area contributed by atoms with Gasteiger partial charge in [0.15, 0.2) is 0 Å². The lowest BCUT2D eigenvalue weighted by Crippen LogP contribution is -2.43. The summed E-state index contributed by atoms with van der Waals surface area (Å²) in [5.41, 5.74) is -0.0465. The van der Waals surface area contributed by atoms with Crippen LogP contribution in [0.1, 0.15) is 46.5 Å². The van der Waals surface area contributed by atoms with Crippen LogP contribution < -0.4 is 5.32 Å². The van der Waals surface area contributed by atoms with Gasteiger partial charge in [-0.1, -0.05) is 33.1 Å². The molecule has 1 heteroatoms. The Morgan fingerprint density at radius 1 is 1.25 bits per heavy atom. The minimum absolute atomic E-state index is 0.0465. The molecular weight excluding hydrogens is 146 g/mol. The van der Waals surface area contributed by atoms with E-state index in [-0.39, 0.29) is 5.54 Å². The molecule has 0 saturated heterocycles. The van der Waals surface area contributed by atoms with Crippen molar-refractivity contribution in [1.82, 2.24) is 5.32 Å². The summed E-state index contributed by atoms with van der Waals surface area (Å²) >= 11 is 0. The molecule has 70 valence electrons. The molecule has 1 N–H and O–H groups in total. The van der Waals surface area contributed by atoms with Crippen molar-refractivity contribution >= 4 is 0 Å². The molecule has 0 spiro atoms. The number of unbranched alkanes of at least 4 members (excludes halogenated alkanes) is 1. The molecule has 0 aliphatic carbocycles. The lowest BCUT2D eigenvalue weighted by atomic mass is 9.94. The molecule has 0 aliphatic heterocycles. The lowest BCUT2D eigenvalue weighted by molar-refractivity contribution is 0.388. The van der Waals surface area contributed by atoms with Crippen molar-refractivity contribution in [1.29, 1.82) is 0 Å². The van der Waals surface area contributed by atoms with Crippen LogP contribution in [0.3, 0.4) is 0 Å². The summed E-state index contributed by atoms with van der Waals surface area (Å²) in [6, 6.07) is 0. The van der Waals surface area contributed by atoms with Gasteiger partial charge in [-0.3, -0.25) is 0 Å². The molecule has 0 heterocycles. The summed E-state index contributed by atoms with van der Waals surface area (Å²) in [5.74, 6) is 2.86. The first-order valence-corrected chi connectivity index (χ1v) is 4.97. The first kappa shape index (κ1) is 11.5. The minimum atomic E-state index is -0.0465. The fourth-order valence-corrected chi connectivity index (χ4v) is 1.26. The van der Waals surface area contributed by atoms with E-state index >= 15 is 0 Å². The zero-order valence-electron chi connectivity index (χ0n) is 8.61. The van der Waals surface area contributed by atoms with E-state index < -0.39 is 0 Å². The quantitative estimate of drug-likeness (QED) is 0.473. The Morgan fingerprint density at radius 3 is 2.17 bits per heavy atom. The predicted molar refractivity (Wildman–Crippen MR) is 55.1 cm³/mol. The average molecular weight is 167 g/mol. The molecule has 0 aromatic heterocycles. The molecule has 0 aromatic carbocycles. The first-order valence-electron chi connectivity index (χ1n) is 4.97. The maximum Gasteiger partial charge on any atom is 0.0792 e. The van der Waals surface area contributed by atoms with E-state index in [2.05, 4.69) is 32.0 Å². The van der Waals surface area contributed by atoms with Gasteiger partial charge in [0, 0.05) is 0 Å². The van der Waals surface area contributed by atoms with Crippen molar-refractivity contribution in [2.24, 2.45) is 0 Å². The molecule has 0 bridgehead atoms. The molecular formula is C11H21N. The van der Waals surface area contributed by atoms with Crippen LogP contribution in [-0.2, 0) is 0 Å². The van der Waals surface area contributed by atoms with Crippen molar-refractivity contribution in [3.05, 3.63) is 0 Å². The Morgan fingerprint density at radius 2 is 1.83 bits per heavy atom. The Hall–Kier alpha value is -0.480. The minimum Gasteiger partial charge on any atom is -0.301 e. The van der Waals surface area contributed by atoms with Crippen LogP contribution in [0.4, 0.5) is 0 Å². The van der Waals surface area contributed by atoms with Crippen LogP contribution in [0.2, 0.25) is 0 Å². The van der Waals surface area contributed by atoms with Crippen molar-refractivity contribution in [2.45, 2.75) is 52.0 Å². The molecule has 0 amide bonds. The van der Waals surface area contributed by atoms with Crippen LogP contribution in [0.5, 0.6) is 0 Å². The average Bonchev–Trinajstić information content (AvgIpc) is 2.14. The van der Waals surface area contributed by atoms with E-state index in [9.17, 15) is 0 Å². The number of rotatable bonds is 6. The van der Waals surface area contributed by atoms with Crippen LogP contribution in [0.25, 0.3) is 0 Å². The third-order valence-corrected chi connectivity index (χ3v) is 2.48. The highest BCUT2D eigenvalue weighted by Gasteiger charge is 2.20. The van der Waals surface area contributed by atoms with Crippen molar-refractivity contribution in [3.8, 4) is 12.3 Å². The third-order valence-electron chi connectivity index (χ3n) is 2.48. The molecule has 0 atom stereocenters. The van der Waals surface area contributed by atoms with Gasteiger partial charge in [0.1, 0.15) is 0 Å². The number of nitrogens with one attached hydrogen (secondary N) is 1. The molecule has 0 rings (SSSR count). The van der Waals surface area contributed by atoms with Gasteiger partial charge < -0.3 is 5.32 Å². The Bertz CT molecular complexity index is 140. The van der Waals surface area contributed by atoms with Crippen molar-refractivity contribution in [2.75, 3.05) is 6.54 Å². The van der Waals surface area contributed by atoms with Crippen LogP contribution >= 0.6 is 0 Å². The van der Waals surface area contributed by atoms with Gasteiger partial charge in [-0.25, -0.2) is 0 Å². The highest BCUT2D eigenvalue weighted by Crippen LogP contribution is 2.13. The summed E-state index contributed by atoms with van der Waals surface area (Å²) in [4.78, 5) is 0. The second kappa shape index (κ2) is 6.08. The van der Waals surface area contributed by atoms with Gasteiger partial charge in [-0.15, -0.1) is 6.42 Å². The number of hydrogen-bond acceptors (Lipinski definition) is 1. The van der Waals surface area contributed by atoms with Gasteiger partial charge in [-0.05, 0) is 25.8 Å².